The van der Waals surface area contributed by atoms with Crippen molar-refractivity contribution in [1.29, 1.82) is 0 Å². The molecule has 4 heteroatoms. The van der Waals surface area contributed by atoms with Crippen molar-refractivity contribution in [2.24, 2.45) is 0 Å². The standard InChI is InChI=1S/C24H22O4/c1-17(25)22-9-5-8-20(13-10-18-6-3-2-4-7-18)23(22)28-16-19-11-14-21(15-12-19)24(26)27/h2-9,11-12,14-15H,10,13,16H2,1H3,(H,26,27). The molecule has 0 heterocycles. The van der Waals surface area contributed by atoms with E-state index in [-0.39, 0.29) is 18.0 Å². The van der Waals surface area contributed by atoms with Gasteiger partial charge in [-0.05, 0) is 54.7 Å². The number of carbonyl (C=O) groups excluding carboxylic acids is 1. The summed E-state index contributed by atoms with van der Waals surface area (Å²) in [6.45, 7) is 1.80. The van der Waals surface area contributed by atoms with E-state index in [1.165, 1.54) is 12.5 Å². The number of aryl methyl sites for hydroxylation is 2. The maximum Gasteiger partial charge on any atom is 0.335 e. The Hall–Kier alpha value is -3.40. The topological polar surface area (TPSA) is 63.6 Å². The predicted octanol–water partition coefficient (Wildman–Crippen LogP) is 4.95. The van der Waals surface area contributed by atoms with Gasteiger partial charge in [-0.25, -0.2) is 4.79 Å². The van der Waals surface area contributed by atoms with E-state index < -0.39 is 5.97 Å². The second kappa shape index (κ2) is 9.00. The summed E-state index contributed by atoms with van der Waals surface area (Å²) in [6, 6.07) is 22.4. The number of carbonyl (C=O) groups is 2. The van der Waals surface area contributed by atoms with E-state index >= 15 is 0 Å². The van der Waals surface area contributed by atoms with Crippen LogP contribution in [0, 0.1) is 0 Å². The molecule has 3 aromatic rings. The molecule has 0 saturated carbocycles. The Morgan fingerprint density at radius 3 is 2.18 bits per heavy atom. The normalized spacial score (nSPS) is 10.5. The van der Waals surface area contributed by atoms with Gasteiger partial charge < -0.3 is 9.84 Å². The molecule has 1 N–H and O–H groups in total. The molecule has 0 aliphatic carbocycles. The van der Waals surface area contributed by atoms with Gasteiger partial charge in [0.2, 0.25) is 0 Å². The third-order valence-corrected chi connectivity index (χ3v) is 4.59. The lowest BCUT2D eigenvalue weighted by Gasteiger charge is -2.15. The molecule has 0 radical (unpaired) electrons. The van der Waals surface area contributed by atoms with Crippen molar-refractivity contribution in [1.82, 2.24) is 0 Å². The summed E-state index contributed by atoms with van der Waals surface area (Å²) in [7, 11) is 0. The van der Waals surface area contributed by atoms with E-state index in [1.807, 2.05) is 30.3 Å². The smallest absolute Gasteiger partial charge is 0.335 e. The van der Waals surface area contributed by atoms with Gasteiger partial charge in [-0.1, -0.05) is 54.6 Å². The maximum atomic E-state index is 12.1. The minimum Gasteiger partial charge on any atom is -0.488 e. The summed E-state index contributed by atoms with van der Waals surface area (Å²) in [5.74, 6) is -0.399. The van der Waals surface area contributed by atoms with E-state index in [1.54, 1.807) is 30.3 Å². The predicted molar refractivity (Wildman–Crippen MR) is 108 cm³/mol. The number of hydrogen-bond donors (Lipinski definition) is 1. The zero-order chi connectivity index (χ0) is 19.9. The van der Waals surface area contributed by atoms with Gasteiger partial charge in [-0.15, -0.1) is 0 Å². The lowest BCUT2D eigenvalue weighted by Crippen LogP contribution is -2.06. The average Bonchev–Trinajstić information content (AvgIpc) is 2.71. The summed E-state index contributed by atoms with van der Waals surface area (Å²) >= 11 is 0. The Morgan fingerprint density at radius 2 is 1.54 bits per heavy atom. The second-order valence-corrected chi connectivity index (χ2v) is 6.63. The summed E-state index contributed by atoms with van der Waals surface area (Å²) in [4.78, 5) is 23.1. The average molecular weight is 374 g/mol. The highest BCUT2D eigenvalue weighted by Crippen LogP contribution is 2.27. The van der Waals surface area contributed by atoms with Crippen LogP contribution in [0.4, 0.5) is 0 Å². The number of para-hydroxylation sites is 1. The van der Waals surface area contributed by atoms with Gasteiger partial charge in [-0.3, -0.25) is 4.79 Å². The first-order valence-electron chi connectivity index (χ1n) is 9.16. The third-order valence-electron chi connectivity index (χ3n) is 4.59. The highest BCUT2D eigenvalue weighted by atomic mass is 16.5. The highest BCUT2D eigenvalue weighted by molar-refractivity contribution is 5.97. The highest BCUT2D eigenvalue weighted by Gasteiger charge is 2.14. The van der Waals surface area contributed by atoms with Gasteiger partial charge in [-0.2, -0.15) is 0 Å². The number of ether oxygens (including phenoxy) is 1. The summed E-state index contributed by atoms with van der Waals surface area (Å²) in [5.41, 5.74) is 3.85. The number of ketones is 1. The molecular formula is C24H22O4. The molecule has 0 atom stereocenters. The van der Waals surface area contributed by atoms with Crippen molar-refractivity contribution in [2.75, 3.05) is 0 Å². The fourth-order valence-corrected chi connectivity index (χ4v) is 3.05. The first kappa shape index (κ1) is 19.4. The first-order chi connectivity index (χ1) is 13.5. The van der Waals surface area contributed by atoms with Crippen molar-refractivity contribution >= 4 is 11.8 Å². The van der Waals surface area contributed by atoms with E-state index in [9.17, 15) is 9.59 Å². The van der Waals surface area contributed by atoms with Crippen LogP contribution in [-0.4, -0.2) is 16.9 Å². The molecule has 28 heavy (non-hydrogen) atoms. The summed E-state index contributed by atoms with van der Waals surface area (Å²) in [6.07, 6.45) is 1.62. The number of carboxylic acids is 1. The molecule has 0 aliphatic rings. The van der Waals surface area contributed by atoms with Gasteiger partial charge in [0.1, 0.15) is 12.4 Å². The Bertz CT molecular complexity index is 960. The van der Waals surface area contributed by atoms with Crippen LogP contribution in [0.3, 0.4) is 0 Å². The SMILES string of the molecule is CC(=O)c1cccc(CCc2ccccc2)c1OCc1ccc(C(=O)O)cc1. The summed E-state index contributed by atoms with van der Waals surface area (Å²) < 4.78 is 6.04. The van der Waals surface area contributed by atoms with E-state index in [2.05, 4.69) is 12.1 Å². The van der Waals surface area contributed by atoms with Crippen molar-refractivity contribution in [3.63, 3.8) is 0 Å². The van der Waals surface area contributed by atoms with E-state index in [0.717, 1.165) is 24.0 Å². The fourth-order valence-electron chi connectivity index (χ4n) is 3.05. The molecule has 3 aromatic carbocycles. The quantitative estimate of drug-likeness (QED) is 0.567. The monoisotopic (exact) mass is 374 g/mol. The van der Waals surface area contributed by atoms with Crippen molar-refractivity contribution < 1.29 is 19.4 Å². The molecule has 0 fully saturated rings. The molecule has 0 amide bonds. The Kier molecular flexibility index (Phi) is 6.22. The van der Waals surface area contributed by atoms with E-state index in [4.69, 9.17) is 9.84 Å². The summed E-state index contributed by atoms with van der Waals surface area (Å²) in [5, 5.41) is 9.00. The van der Waals surface area contributed by atoms with Crippen LogP contribution >= 0.6 is 0 Å². The van der Waals surface area contributed by atoms with Crippen molar-refractivity contribution in [3.8, 4) is 5.75 Å². The van der Waals surface area contributed by atoms with Crippen LogP contribution < -0.4 is 4.74 Å². The lowest BCUT2D eigenvalue weighted by atomic mass is 9.99. The second-order valence-electron chi connectivity index (χ2n) is 6.63. The van der Waals surface area contributed by atoms with Gasteiger partial charge in [0.15, 0.2) is 5.78 Å². The number of hydrogen-bond acceptors (Lipinski definition) is 3. The van der Waals surface area contributed by atoms with Crippen LogP contribution in [0.15, 0.2) is 72.8 Å². The Labute approximate surface area is 164 Å². The lowest BCUT2D eigenvalue weighted by molar-refractivity contribution is 0.0696. The van der Waals surface area contributed by atoms with E-state index in [0.29, 0.717) is 11.3 Å². The molecule has 4 nitrogen and oxygen atoms in total. The molecule has 0 saturated heterocycles. The third kappa shape index (κ3) is 4.86. The fraction of sp³-hybridized carbons (Fsp3) is 0.167. The molecule has 3 rings (SSSR count). The number of benzene rings is 3. The number of Topliss-reactive ketones (excluding diaryl/α,β-unsaturated/α-hetero) is 1. The van der Waals surface area contributed by atoms with Crippen LogP contribution in [0.25, 0.3) is 0 Å². The minimum atomic E-state index is -0.961. The molecule has 0 bridgehead atoms. The van der Waals surface area contributed by atoms with Gasteiger partial charge in [0.25, 0.3) is 0 Å². The molecular weight excluding hydrogens is 352 g/mol. The number of aromatic carboxylic acids is 1. The Morgan fingerprint density at radius 1 is 0.821 bits per heavy atom. The molecule has 142 valence electrons. The number of carboxylic acid groups (broad SMARTS) is 1. The molecule has 0 unspecified atom stereocenters. The van der Waals surface area contributed by atoms with Crippen LogP contribution in [0.2, 0.25) is 0 Å². The molecule has 0 aliphatic heterocycles. The van der Waals surface area contributed by atoms with Crippen LogP contribution in [0.5, 0.6) is 5.75 Å². The minimum absolute atomic E-state index is 0.0437. The maximum absolute atomic E-state index is 12.1. The van der Waals surface area contributed by atoms with Gasteiger partial charge >= 0.3 is 5.97 Å². The Balaban J connectivity index is 1.79. The van der Waals surface area contributed by atoms with Crippen LogP contribution in [0.1, 0.15) is 44.3 Å². The first-order valence-corrected chi connectivity index (χ1v) is 9.16. The zero-order valence-electron chi connectivity index (χ0n) is 15.7. The van der Waals surface area contributed by atoms with Crippen molar-refractivity contribution in [3.05, 3.63) is 101 Å². The molecule has 0 spiro atoms. The van der Waals surface area contributed by atoms with Crippen LogP contribution in [-0.2, 0) is 19.4 Å². The van der Waals surface area contributed by atoms with Gasteiger partial charge in [0.05, 0.1) is 11.1 Å². The zero-order valence-corrected chi connectivity index (χ0v) is 15.7. The van der Waals surface area contributed by atoms with Gasteiger partial charge in [0, 0.05) is 0 Å². The largest absolute Gasteiger partial charge is 0.488 e. The van der Waals surface area contributed by atoms with Crippen molar-refractivity contribution in [2.45, 2.75) is 26.4 Å². The number of rotatable bonds is 8. The molecule has 0 aromatic heterocycles.